The Hall–Kier alpha value is -2.81. The van der Waals surface area contributed by atoms with Gasteiger partial charge in [0, 0.05) is 37.6 Å². The molecule has 136 valence electrons. The molecule has 1 aliphatic rings. The van der Waals surface area contributed by atoms with E-state index in [4.69, 9.17) is 25.4 Å². The first-order valence-electron chi connectivity index (χ1n) is 8.83. The van der Waals surface area contributed by atoms with E-state index in [9.17, 15) is 0 Å². The lowest BCUT2D eigenvalue weighted by Crippen LogP contribution is -2.37. The summed E-state index contributed by atoms with van der Waals surface area (Å²) in [6, 6.07) is 0. The van der Waals surface area contributed by atoms with Gasteiger partial charge in [-0.15, -0.1) is 0 Å². The minimum Gasteiger partial charge on any atom is -0.378 e. The van der Waals surface area contributed by atoms with E-state index in [1.165, 1.54) is 0 Å². The number of morpholine rings is 1. The van der Waals surface area contributed by atoms with E-state index in [2.05, 4.69) is 26.4 Å². The number of aryl methyl sites for hydroxylation is 2. The number of rotatable bonds is 4. The molecule has 0 saturated carbocycles. The molecule has 3 aromatic heterocycles. The van der Waals surface area contributed by atoms with Gasteiger partial charge in [-0.25, -0.2) is 19.9 Å². The summed E-state index contributed by atoms with van der Waals surface area (Å²) in [4.78, 5) is 24.7. The van der Waals surface area contributed by atoms with E-state index in [0.29, 0.717) is 19.2 Å². The van der Waals surface area contributed by atoms with E-state index in [-0.39, 0.29) is 5.95 Å². The van der Waals surface area contributed by atoms with Crippen molar-refractivity contribution in [3.05, 3.63) is 18.2 Å². The molecule has 0 amide bonds. The number of hydrogen-bond donors (Lipinski definition) is 1. The van der Waals surface area contributed by atoms with Crippen molar-refractivity contribution in [1.29, 1.82) is 0 Å². The summed E-state index contributed by atoms with van der Waals surface area (Å²) in [5.41, 5.74) is 8.75. The van der Waals surface area contributed by atoms with Gasteiger partial charge in [-0.1, -0.05) is 6.92 Å². The zero-order valence-corrected chi connectivity index (χ0v) is 15.0. The number of hydrogen-bond acceptors (Lipinski definition) is 8. The Morgan fingerprint density at radius 1 is 1.12 bits per heavy atom. The molecule has 0 aromatic carbocycles. The number of nitrogens with zero attached hydrogens (tertiary/aromatic N) is 7. The maximum atomic E-state index is 5.64. The molecule has 1 fully saturated rings. The van der Waals surface area contributed by atoms with Crippen LogP contribution in [0.15, 0.2) is 12.4 Å². The fourth-order valence-corrected chi connectivity index (χ4v) is 3.16. The summed E-state index contributed by atoms with van der Waals surface area (Å²) in [5.74, 6) is 1.85. The topological polar surface area (TPSA) is 108 Å². The minimum atomic E-state index is 0.236. The van der Waals surface area contributed by atoms with Gasteiger partial charge in [-0.3, -0.25) is 0 Å². The lowest BCUT2D eigenvalue weighted by Gasteiger charge is -2.27. The summed E-state index contributed by atoms with van der Waals surface area (Å²) in [7, 11) is 0. The predicted molar refractivity (Wildman–Crippen MR) is 98.8 cm³/mol. The van der Waals surface area contributed by atoms with Crippen LogP contribution in [-0.2, 0) is 11.3 Å². The summed E-state index contributed by atoms with van der Waals surface area (Å²) >= 11 is 0. The number of ether oxygens (including phenoxy) is 1. The molecule has 26 heavy (non-hydrogen) atoms. The number of imidazole rings is 1. The van der Waals surface area contributed by atoms with Crippen molar-refractivity contribution in [3.8, 4) is 11.3 Å². The Balaban J connectivity index is 1.92. The van der Waals surface area contributed by atoms with Crippen molar-refractivity contribution >= 4 is 23.1 Å². The second-order valence-corrected chi connectivity index (χ2v) is 6.28. The van der Waals surface area contributed by atoms with Gasteiger partial charge in [0.2, 0.25) is 11.9 Å². The van der Waals surface area contributed by atoms with Crippen molar-refractivity contribution in [2.45, 2.75) is 26.8 Å². The third kappa shape index (κ3) is 2.94. The number of nitrogen functional groups attached to an aromatic ring is 1. The zero-order chi connectivity index (χ0) is 18.1. The van der Waals surface area contributed by atoms with E-state index in [1.807, 2.05) is 6.92 Å². The Kier molecular flexibility index (Phi) is 4.37. The fourth-order valence-electron chi connectivity index (χ4n) is 3.16. The van der Waals surface area contributed by atoms with Crippen LogP contribution in [0.1, 0.15) is 19.2 Å². The van der Waals surface area contributed by atoms with Crippen LogP contribution in [0.25, 0.3) is 22.4 Å². The van der Waals surface area contributed by atoms with Crippen LogP contribution < -0.4 is 10.6 Å². The minimum absolute atomic E-state index is 0.236. The highest BCUT2D eigenvalue weighted by molar-refractivity contribution is 5.88. The van der Waals surface area contributed by atoms with Crippen molar-refractivity contribution in [3.63, 3.8) is 0 Å². The molecule has 0 aliphatic carbocycles. The Bertz CT molecular complexity index is 915. The van der Waals surface area contributed by atoms with Crippen LogP contribution in [-0.4, -0.2) is 55.8 Å². The average Bonchev–Trinajstić information content (AvgIpc) is 2.98. The molecule has 9 heteroatoms. The lowest BCUT2D eigenvalue weighted by atomic mass is 10.2. The number of aromatic nitrogens is 6. The summed E-state index contributed by atoms with van der Waals surface area (Å²) < 4.78 is 7.60. The first-order valence-corrected chi connectivity index (χ1v) is 8.83. The van der Waals surface area contributed by atoms with Crippen LogP contribution in [0.2, 0.25) is 0 Å². The van der Waals surface area contributed by atoms with Gasteiger partial charge in [0.05, 0.1) is 13.2 Å². The molecule has 0 bridgehead atoms. The maximum Gasteiger partial charge on any atom is 0.228 e. The number of nitrogens with two attached hydrogens (primary N) is 1. The van der Waals surface area contributed by atoms with Gasteiger partial charge in [0.25, 0.3) is 0 Å². The molecule has 4 heterocycles. The molecule has 0 radical (unpaired) electrons. The van der Waals surface area contributed by atoms with Crippen molar-refractivity contribution in [1.82, 2.24) is 29.5 Å². The van der Waals surface area contributed by atoms with Gasteiger partial charge in [-0.05, 0) is 13.3 Å². The molecular formula is C17H22N8O. The quantitative estimate of drug-likeness (QED) is 0.749. The highest BCUT2D eigenvalue weighted by Gasteiger charge is 2.21. The van der Waals surface area contributed by atoms with Gasteiger partial charge in [-0.2, -0.15) is 4.98 Å². The van der Waals surface area contributed by atoms with E-state index in [1.54, 1.807) is 12.4 Å². The van der Waals surface area contributed by atoms with Crippen LogP contribution in [0, 0.1) is 6.92 Å². The molecule has 4 rings (SSSR count). The van der Waals surface area contributed by atoms with Crippen LogP contribution in [0.3, 0.4) is 0 Å². The van der Waals surface area contributed by atoms with E-state index in [0.717, 1.165) is 54.3 Å². The van der Waals surface area contributed by atoms with Gasteiger partial charge in [0.15, 0.2) is 5.65 Å². The summed E-state index contributed by atoms with van der Waals surface area (Å²) in [5, 5.41) is 0. The summed E-state index contributed by atoms with van der Waals surface area (Å²) in [6.07, 6.45) is 4.37. The Labute approximate surface area is 151 Å². The molecule has 1 saturated heterocycles. The summed E-state index contributed by atoms with van der Waals surface area (Å²) in [6.45, 7) is 7.89. The number of anilines is 2. The van der Waals surface area contributed by atoms with Gasteiger partial charge >= 0.3 is 0 Å². The maximum absolute atomic E-state index is 5.64. The number of fused-ring (bicyclic) bond motifs is 1. The first-order chi connectivity index (χ1) is 12.7. The van der Waals surface area contributed by atoms with Crippen LogP contribution >= 0.6 is 0 Å². The molecule has 0 atom stereocenters. The zero-order valence-electron chi connectivity index (χ0n) is 15.0. The van der Waals surface area contributed by atoms with Crippen LogP contribution in [0.5, 0.6) is 0 Å². The lowest BCUT2D eigenvalue weighted by molar-refractivity contribution is 0.122. The normalized spacial score (nSPS) is 14.9. The molecule has 2 N–H and O–H groups in total. The predicted octanol–water partition coefficient (Wildman–Crippen LogP) is 1.42. The third-order valence-electron chi connectivity index (χ3n) is 4.46. The second-order valence-electron chi connectivity index (χ2n) is 6.28. The van der Waals surface area contributed by atoms with Crippen LogP contribution in [0.4, 0.5) is 11.9 Å². The highest BCUT2D eigenvalue weighted by atomic mass is 16.5. The largest absolute Gasteiger partial charge is 0.378 e. The van der Waals surface area contributed by atoms with Gasteiger partial charge < -0.3 is 19.9 Å². The molecule has 0 spiro atoms. The Morgan fingerprint density at radius 2 is 1.85 bits per heavy atom. The second kappa shape index (κ2) is 6.83. The van der Waals surface area contributed by atoms with Crippen molar-refractivity contribution in [2.24, 2.45) is 0 Å². The highest BCUT2D eigenvalue weighted by Crippen LogP contribution is 2.28. The molecular weight excluding hydrogens is 332 g/mol. The molecule has 0 unspecified atom stereocenters. The average molecular weight is 354 g/mol. The molecule has 1 aliphatic heterocycles. The standard InChI is InChI=1S/C17H22N8O/c1-3-4-25-11(2)21-14-13(12-9-19-16(18)20-10-12)22-17(23-15(14)25)24-5-7-26-8-6-24/h9-10H,3-8H2,1-2H3,(H2,18,19,20). The SMILES string of the molecule is CCCn1c(C)nc2c(-c3cnc(N)nc3)nc(N3CCOCC3)nc21. The molecule has 3 aromatic rings. The fraction of sp³-hybridized carbons (Fsp3) is 0.471. The van der Waals surface area contributed by atoms with E-state index < -0.39 is 0 Å². The monoisotopic (exact) mass is 354 g/mol. The van der Waals surface area contributed by atoms with Crippen molar-refractivity contribution < 1.29 is 4.74 Å². The molecule has 9 nitrogen and oxygen atoms in total. The Morgan fingerprint density at radius 3 is 2.54 bits per heavy atom. The third-order valence-corrected chi connectivity index (χ3v) is 4.46. The van der Waals surface area contributed by atoms with Crippen molar-refractivity contribution in [2.75, 3.05) is 36.9 Å². The smallest absolute Gasteiger partial charge is 0.228 e. The van der Waals surface area contributed by atoms with E-state index >= 15 is 0 Å². The first kappa shape index (κ1) is 16.6. The van der Waals surface area contributed by atoms with Gasteiger partial charge in [0.1, 0.15) is 17.0 Å².